The number of nitrogens with one attached hydrogen (secondary N) is 1. The molecular weight excluding hydrogens is 539 g/mol. The van der Waals surface area contributed by atoms with Crippen LogP contribution in [0.2, 0.25) is 0 Å². The molecule has 4 N–H and O–H groups in total. The molecular formula is C29H36F3N5O4. The zero-order chi connectivity index (χ0) is 29.4. The standard InChI is InChI=1S/C29H36F3N5O4/c1-17-11-20(13-21(12-17)40-2)18-3-5-19(6-4-18)25(29(30,31)32)41-24-14-23(35-27(33)36-24)37-9-7-28(8-10-37)15-22(26(38)39)34-16-28/h3-6,11,13,17,22,24-25,34H,7-10,12,14-16H2,1-2H3,(H2,33,36)(H,38,39). The van der Waals surface area contributed by atoms with Crippen LogP contribution < -0.4 is 11.1 Å². The number of carboxylic acids is 1. The smallest absolute Gasteiger partial charge is 0.418 e. The summed E-state index contributed by atoms with van der Waals surface area (Å²) in [7, 11) is 1.61. The number of nitrogens with two attached hydrogens (primary N) is 1. The largest absolute Gasteiger partial charge is 0.501 e. The van der Waals surface area contributed by atoms with E-state index in [1.165, 1.54) is 12.1 Å². The molecule has 4 aliphatic rings. The fourth-order valence-electron chi connectivity index (χ4n) is 6.18. The lowest BCUT2D eigenvalue weighted by Crippen LogP contribution is -2.46. The quantitative estimate of drug-likeness (QED) is 0.464. The lowest BCUT2D eigenvalue weighted by Gasteiger charge is -2.41. The molecule has 3 aliphatic heterocycles. The molecule has 5 rings (SSSR count). The number of hydrogen-bond donors (Lipinski definition) is 3. The number of halogens is 3. The van der Waals surface area contributed by atoms with Crippen molar-refractivity contribution in [3.05, 3.63) is 53.3 Å². The van der Waals surface area contributed by atoms with E-state index in [-0.39, 0.29) is 29.3 Å². The van der Waals surface area contributed by atoms with Crippen LogP contribution in [0.3, 0.4) is 0 Å². The number of benzene rings is 1. The van der Waals surface area contributed by atoms with Gasteiger partial charge < -0.3 is 30.5 Å². The number of hydrogen-bond acceptors (Lipinski definition) is 8. The number of aliphatic carboxylic acids is 1. The van der Waals surface area contributed by atoms with Crippen LogP contribution in [0.1, 0.15) is 56.3 Å². The van der Waals surface area contributed by atoms with Crippen molar-refractivity contribution in [1.82, 2.24) is 10.2 Å². The first-order valence-electron chi connectivity index (χ1n) is 13.9. The van der Waals surface area contributed by atoms with Crippen molar-refractivity contribution in [2.24, 2.45) is 27.1 Å². The van der Waals surface area contributed by atoms with Gasteiger partial charge in [0, 0.05) is 26.1 Å². The van der Waals surface area contributed by atoms with E-state index in [1.54, 1.807) is 19.2 Å². The number of aliphatic imine (C=N–C) groups is 2. The molecule has 0 radical (unpaired) electrons. The molecule has 3 heterocycles. The summed E-state index contributed by atoms with van der Waals surface area (Å²) in [5.41, 5.74) is 7.49. The summed E-state index contributed by atoms with van der Waals surface area (Å²) < 4.78 is 53.7. The van der Waals surface area contributed by atoms with Crippen LogP contribution in [0.25, 0.3) is 5.57 Å². The first-order valence-corrected chi connectivity index (χ1v) is 13.9. The van der Waals surface area contributed by atoms with Gasteiger partial charge in [-0.2, -0.15) is 13.2 Å². The van der Waals surface area contributed by atoms with Crippen LogP contribution in [-0.2, 0) is 14.3 Å². The minimum atomic E-state index is -4.67. The third-order valence-corrected chi connectivity index (χ3v) is 8.43. The summed E-state index contributed by atoms with van der Waals surface area (Å²) in [5.74, 6) is 0.641. The van der Waals surface area contributed by atoms with Crippen LogP contribution in [0.15, 0.2) is 52.2 Å². The van der Waals surface area contributed by atoms with Gasteiger partial charge in [0.15, 0.2) is 12.3 Å². The third kappa shape index (κ3) is 6.59. The average Bonchev–Trinajstić information content (AvgIpc) is 3.35. The van der Waals surface area contributed by atoms with Gasteiger partial charge in [-0.15, -0.1) is 0 Å². The van der Waals surface area contributed by atoms with Crippen LogP contribution in [0.4, 0.5) is 13.2 Å². The molecule has 12 heteroatoms. The van der Waals surface area contributed by atoms with Gasteiger partial charge in [-0.05, 0) is 53.4 Å². The highest BCUT2D eigenvalue weighted by Gasteiger charge is 2.46. The maximum Gasteiger partial charge on any atom is 0.418 e. The topological polar surface area (TPSA) is 122 Å². The molecule has 222 valence electrons. The minimum Gasteiger partial charge on any atom is -0.501 e. The number of piperidine rings is 1. The number of nitrogens with zero attached hydrogens (tertiary/aromatic N) is 3. The minimum absolute atomic E-state index is 0.0267. The molecule has 0 saturated carbocycles. The first kappa shape index (κ1) is 29.1. The fourth-order valence-corrected chi connectivity index (χ4v) is 6.18. The monoisotopic (exact) mass is 575 g/mol. The Kier molecular flexibility index (Phi) is 8.15. The van der Waals surface area contributed by atoms with Gasteiger partial charge in [0.2, 0.25) is 5.96 Å². The van der Waals surface area contributed by atoms with E-state index in [9.17, 15) is 23.1 Å². The third-order valence-electron chi connectivity index (χ3n) is 8.43. The number of likely N-dealkylation sites (tertiary alicyclic amines) is 1. The second-order valence-electron chi connectivity index (χ2n) is 11.4. The van der Waals surface area contributed by atoms with Gasteiger partial charge in [0.1, 0.15) is 11.9 Å². The number of methoxy groups -OCH3 is 1. The number of ether oxygens (including phenoxy) is 2. The van der Waals surface area contributed by atoms with Gasteiger partial charge >= 0.3 is 12.1 Å². The Hall–Kier alpha value is -3.38. The molecule has 1 aromatic rings. The Morgan fingerprint density at radius 1 is 1.22 bits per heavy atom. The molecule has 2 saturated heterocycles. The fraction of sp³-hybridized carbons (Fsp3) is 0.552. The Morgan fingerprint density at radius 3 is 2.54 bits per heavy atom. The van der Waals surface area contributed by atoms with E-state index < -0.39 is 30.5 Å². The Morgan fingerprint density at radius 2 is 1.93 bits per heavy atom. The average molecular weight is 576 g/mol. The normalized spacial score (nSPS) is 27.0. The van der Waals surface area contributed by atoms with Crippen LogP contribution in [0.5, 0.6) is 0 Å². The number of carbonyl (C=O) groups is 1. The number of allylic oxidation sites excluding steroid dienone is 4. The van der Waals surface area contributed by atoms with Crippen LogP contribution in [0, 0.1) is 11.3 Å². The zero-order valence-corrected chi connectivity index (χ0v) is 23.2. The predicted octanol–water partition coefficient (Wildman–Crippen LogP) is 4.23. The summed E-state index contributed by atoms with van der Waals surface area (Å²) in [6.07, 6.45) is -1.14. The number of rotatable bonds is 6. The van der Waals surface area contributed by atoms with Crippen molar-refractivity contribution < 1.29 is 32.5 Å². The van der Waals surface area contributed by atoms with Crippen molar-refractivity contribution in [2.45, 2.75) is 63.6 Å². The summed E-state index contributed by atoms with van der Waals surface area (Å²) in [6, 6.07) is 5.63. The second kappa shape index (κ2) is 11.5. The molecule has 4 atom stereocenters. The van der Waals surface area contributed by atoms with Gasteiger partial charge in [-0.25, -0.2) is 9.98 Å². The van der Waals surface area contributed by atoms with E-state index in [2.05, 4.69) is 28.3 Å². The molecule has 0 aromatic heterocycles. The highest BCUT2D eigenvalue weighted by atomic mass is 19.4. The molecule has 2 fully saturated rings. The van der Waals surface area contributed by atoms with Crippen molar-refractivity contribution in [3.63, 3.8) is 0 Å². The molecule has 41 heavy (non-hydrogen) atoms. The number of guanidine groups is 1. The maximum absolute atomic E-state index is 14.2. The van der Waals surface area contributed by atoms with Gasteiger partial charge in [0.25, 0.3) is 0 Å². The van der Waals surface area contributed by atoms with Crippen LogP contribution in [-0.4, -0.2) is 73.0 Å². The van der Waals surface area contributed by atoms with E-state index in [0.717, 1.165) is 36.2 Å². The van der Waals surface area contributed by atoms with Gasteiger partial charge in [0.05, 0.1) is 19.3 Å². The lowest BCUT2D eigenvalue weighted by molar-refractivity contribution is -0.235. The van der Waals surface area contributed by atoms with Crippen molar-refractivity contribution in [2.75, 3.05) is 26.7 Å². The molecule has 0 amide bonds. The van der Waals surface area contributed by atoms with Crippen molar-refractivity contribution in [1.29, 1.82) is 0 Å². The zero-order valence-electron chi connectivity index (χ0n) is 23.2. The second-order valence-corrected chi connectivity index (χ2v) is 11.4. The molecule has 9 nitrogen and oxygen atoms in total. The molecule has 4 unspecified atom stereocenters. The Balaban J connectivity index is 1.26. The van der Waals surface area contributed by atoms with E-state index in [0.29, 0.717) is 31.9 Å². The Bertz CT molecular complexity index is 1270. The van der Waals surface area contributed by atoms with E-state index >= 15 is 0 Å². The predicted molar refractivity (Wildman–Crippen MR) is 148 cm³/mol. The summed E-state index contributed by atoms with van der Waals surface area (Å²) in [5, 5.41) is 12.4. The molecule has 0 bridgehead atoms. The number of carboxylic acid groups (broad SMARTS) is 1. The van der Waals surface area contributed by atoms with E-state index in [1.807, 2.05) is 11.0 Å². The van der Waals surface area contributed by atoms with Gasteiger partial charge in [-0.3, -0.25) is 4.79 Å². The van der Waals surface area contributed by atoms with Crippen LogP contribution >= 0.6 is 0 Å². The summed E-state index contributed by atoms with van der Waals surface area (Å²) >= 11 is 0. The summed E-state index contributed by atoms with van der Waals surface area (Å²) in [6.45, 7) is 3.89. The van der Waals surface area contributed by atoms with E-state index in [4.69, 9.17) is 15.2 Å². The molecule has 1 aromatic carbocycles. The number of alkyl halides is 3. The highest BCUT2D eigenvalue weighted by Crippen LogP contribution is 2.41. The SMILES string of the molecule is COC1=CC(c2ccc(C(OC3CC(N4CCC5(CC4)CNC(C(=O)O)C5)=NC(N)=N3)C(F)(F)F)cc2)=CC(C)C1. The maximum atomic E-state index is 14.2. The first-order chi connectivity index (χ1) is 19.4. The summed E-state index contributed by atoms with van der Waals surface area (Å²) in [4.78, 5) is 21.8. The Labute approximate surface area is 237 Å². The lowest BCUT2D eigenvalue weighted by atomic mass is 9.76. The molecule has 1 spiro atoms. The van der Waals surface area contributed by atoms with Gasteiger partial charge in [-0.1, -0.05) is 37.3 Å². The number of amidine groups is 1. The molecule has 1 aliphatic carbocycles. The van der Waals surface area contributed by atoms with Crippen molar-refractivity contribution in [3.8, 4) is 0 Å². The van der Waals surface area contributed by atoms with Crippen molar-refractivity contribution >= 4 is 23.3 Å². The highest BCUT2D eigenvalue weighted by molar-refractivity contribution is 5.97.